The highest BCUT2D eigenvalue weighted by Crippen LogP contribution is 2.67. The molecule has 9 rings (SSSR count). The van der Waals surface area contributed by atoms with E-state index in [4.69, 9.17) is 4.74 Å². The fraction of sp³-hybridized carbons (Fsp3) is 0.159. The molecule has 1 amide bonds. The van der Waals surface area contributed by atoms with Gasteiger partial charge in [0.25, 0.3) is 15.9 Å². The molecule has 5 nitrogen and oxygen atoms in total. The highest BCUT2D eigenvalue weighted by atomic mass is 32.2. The van der Waals surface area contributed by atoms with Crippen LogP contribution in [-0.4, -0.2) is 20.9 Å². The summed E-state index contributed by atoms with van der Waals surface area (Å²) in [6.07, 6.45) is 2.14. The molecule has 0 bridgehead atoms. The van der Waals surface area contributed by atoms with E-state index in [9.17, 15) is 8.42 Å². The van der Waals surface area contributed by atoms with Crippen molar-refractivity contribution >= 4 is 54.5 Å². The van der Waals surface area contributed by atoms with Gasteiger partial charge in [0.15, 0.2) is 0 Å². The SMILES string of the molecule is Cc1ccc(S(=O)(=O)N2C(=O)[C@@]3(C(c4ccccc4)=CC4=C(c5c6ccccc6cc6ccccc56)OC[C@@H]4C3(C)C)c3ccccc32)cc1. The quantitative estimate of drug-likeness (QED) is 0.175. The number of carbonyl (C=O) groups is 1. The van der Waals surface area contributed by atoms with Crippen molar-refractivity contribution in [1.29, 1.82) is 0 Å². The van der Waals surface area contributed by atoms with Crippen LogP contribution in [0.1, 0.15) is 36.1 Å². The number of carbonyl (C=O) groups excluding carboxylic acids is 1. The van der Waals surface area contributed by atoms with E-state index in [-0.39, 0.29) is 10.8 Å². The van der Waals surface area contributed by atoms with Crippen molar-refractivity contribution in [2.24, 2.45) is 11.3 Å². The van der Waals surface area contributed by atoms with Crippen molar-refractivity contribution < 1.29 is 17.9 Å². The number of aryl methyl sites for hydroxylation is 1. The van der Waals surface area contributed by atoms with Crippen LogP contribution in [0.5, 0.6) is 0 Å². The summed E-state index contributed by atoms with van der Waals surface area (Å²) < 4.78 is 37.0. The van der Waals surface area contributed by atoms with E-state index in [1.165, 1.54) is 0 Å². The van der Waals surface area contributed by atoms with Crippen molar-refractivity contribution in [1.82, 2.24) is 0 Å². The molecular weight excluding hydrogens is 639 g/mol. The molecule has 3 aliphatic rings. The monoisotopic (exact) mass is 673 g/mol. The van der Waals surface area contributed by atoms with Gasteiger partial charge in [-0.05, 0) is 80.9 Å². The van der Waals surface area contributed by atoms with E-state index in [1.54, 1.807) is 36.4 Å². The summed E-state index contributed by atoms with van der Waals surface area (Å²) >= 11 is 0. The van der Waals surface area contributed by atoms with E-state index < -0.39 is 26.8 Å². The molecule has 50 heavy (non-hydrogen) atoms. The lowest BCUT2D eigenvalue weighted by atomic mass is 9.49. The molecular formula is C44H35NO4S. The average molecular weight is 674 g/mol. The van der Waals surface area contributed by atoms with Gasteiger partial charge in [0, 0.05) is 17.1 Å². The summed E-state index contributed by atoms with van der Waals surface area (Å²) in [5.41, 5.74) is 3.53. The number of fused-ring (bicyclic) bond motifs is 5. The lowest BCUT2D eigenvalue weighted by molar-refractivity contribution is -0.124. The van der Waals surface area contributed by atoms with E-state index in [2.05, 4.69) is 74.5 Å². The third kappa shape index (κ3) is 4.00. The minimum atomic E-state index is -4.26. The number of anilines is 1. The van der Waals surface area contributed by atoms with Crippen LogP contribution in [0.2, 0.25) is 0 Å². The fourth-order valence-electron chi connectivity index (χ4n) is 8.81. The molecule has 2 heterocycles. The second-order valence-corrected chi connectivity index (χ2v) is 15.9. The Morgan fingerprint density at radius 2 is 1.34 bits per heavy atom. The van der Waals surface area contributed by atoms with Gasteiger partial charge in [-0.3, -0.25) is 4.79 Å². The smallest absolute Gasteiger partial charge is 0.270 e. The molecule has 6 heteroatoms. The first-order chi connectivity index (χ1) is 24.2. The third-order valence-corrected chi connectivity index (χ3v) is 13.0. The first-order valence-electron chi connectivity index (χ1n) is 17.0. The Labute approximate surface area is 292 Å². The standard InChI is InChI=1S/C44H35NO4S/c1-28-21-23-32(24-22-28)50(47,48)45-39-20-12-11-19-36(39)44(42(45)46)37(29-13-5-4-6-14-29)26-35-38(43(44,2)3)27-49-41(35)40-33-17-9-7-15-30(33)25-31-16-8-10-18-34(31)40/h4-26,38H,27H2,1-3H3/t38-,44-/m0/s1. The summed E-state index contributed by atoms with van der Waals surface area (Å²) in [5.74, 6) is 0.117. The van der Waals surface area contributed by atoms with Gasteiger partial charge in [-0.2, -0.15) is 0 Å². The lowest BCUT2D eigenvalue weighted by Gasteiger charge is -2.51. The molecule has 0 saturated heterocycles. The third-order valence-electron chi connectivity index (χ3n) is 11.2. The summed E-state index contributed by atoms with van der Waals surface area (Å²) in [4.78, 5) is 15.6. The second-order valence-electron chi connectivity index (χ2n) is 14.1. The van der Waals surface area contributed by atoms with Crippen LogP contribution in [0.25, 0.3) is 32.9 Å². The predicted molar refractivity (Wildman–Crippen MR) is 200 cm³/mol. The second kappa shape index (κ2) is 10.8. The van der Waals surface area contributed by atoms with Crippen molar-refractivity contribution in [3.8, 4) is 0 Å². The number of ether oxygens (including phenoxy) is 1. The molecule has 6 aromatic carbocycles. The molecule has 0 N–H and O–H groups in total. The first-order valence-corrected chi connectivity index (χ1v) is 18.4. The number of hydrogen-bond donors (Lipinski definition) is 0. The number of allylic oxidation sites excluding steroid dienone is 1. The Balaban J connectivity index is 1.36. The Bertz CT molecular complexity index is 2510. The molecule has 6 aromatic rings. The van der Waals surface area contributed by atoms with Gasteiger partial charge in [-0.15, -0.1) is 0 Å². The zero-order valence-electron chi connectivity index (χ0n) is 28.1. The molecule has 2 atom stereocenters. The maximum Gasteiger partial charge on any atom is 0.270 e. The zero-order valence-corrected chi connectivity index (χ0v) is 28.9. The average Bonchev–Trinajstić information content (AvgIpc) is 3.67. The van der Waals surface area contributed by atoms with E-state index in [1.807, 2.05) is 49.4 Å². The van der Waals surface area contributed by atoms with Crippen LogP contribution in [0, 0.1) is 18.3 Å². The van der Waals surface area contributed by atoms with Crippen LogP contribution in [0.3, 0.4) is 0 Å². The molecule has 1 aliphatic carbocycles. The molecule has 0 saturated carbocycles. The van der Waals surface area contributed by atoms with Crippen LogP contribution in [0.15, 0.2) is 150 Å². The van der Waals surface area contributed by atoms with Crippen LogP contribution in [-0.2, 0) is 25.0 Å². The summed E-state index contributed by atoms with van der Waals surface area (Å²) in [6, 6.07) is 43.0. The molecule has 0 aromatic heterocycles. The van der Waals surface area contributed by atoms with E-state index >= 15 is 4.79 Å². The van der Waals surface area contributed by atoms with Crippen molar-refractivity contribution in [2.45, 2.75) is 31.1 Å². The van der Waals surface area contributed by atoms with Gasteiger partial charge in [0.05, 0.1) is 17.2 Å². The van der Waals surface area contributed by atoms with Gasteiger partial charge < -0.3 is 4.74 Å². The normalized spacial score (nSPS) is 21.0. The molecule has 246 valence electrons. The minimum absolute atomic E-state index is 0.0806. The Hall–Kier alpha value is -5.46. The van der Waals surface area contributed by atoms with E-state index in [0.717, 1.165) is 59.4 Å². The fourth-order valence-corrected chi connectivity index (χ4v) is 10.3. The van der Waals surface area contributed by atoms with Crippen LogP contribution >= 0.6 is 0 Å². The summed E-state index contributed by atoms with van der Waals surface area (Å²) in [6.45, 7) is 6.48. The number of nitrogens with zero attached hydrogens (tertiary/aromatic N) is 1. The zero-order chi connectivity index (χ0) is 34.4. The molecule has 0 unspecified atom stereocenters. The van der Waals surface area contributed by atoms with Gasteiger partial charge in [-0.1, -0.05) is 129 Å². The molecule has 1 spiro atoms. The topological polar surface area (TPSA) is 63.7 Å². The number of para-hydroxylation sites is 1. The Kier molecular flexibility index (Phi) is 6.59. The van der Waals surface area contributed by atoms with Crippen LogP contribution < -0.4 is 4.31 Å². The minimum Gasteiger partial charge on any atom is -0.492 e. The lowest BCUT2D eigenvalue weighted by Crippen LogP contribution is -2.57. The maximum atomic E-state index is 15.6. The number of benzene rings is 6. The Morgan fingerprint density at radius 1 is 0.740 bits per heavy atom. The first kappa shape index (κ1) is 30.6. The van der Waals surface area contributed by atoms with Crippen LogP contribution in [0.4, 0.5) is 5.69 Å². The number of sulfonamides is 1. The highest BCUT2D eigenvalue weighted by Gasteiger charge is 2.68. The Morgan fingerprint density at radius 3 is 2.02 bits per heavy atom. The maximum absolute atomic E-state index is 15.6. The van der Waals surface area contributed by atoms with Crippen molar-refractivity contribution in [2.75, 3.05) is 10.9 Å². The predicted octanol–water partition coefficient (Wildman–Crippen LogP) is 9.46. The highest BCUT2D eigenvalue weighted by molar-refractivity contribution is 7.93. The summed E-state index contributed by atoms with van der Waals surface area (Å²) in [7, 11) is -4.26. The largest absolute Gasteiger partial charge is 0.492 e. The van der Waals surface area contributed by atoms with Gasteiger partial charge >= 0.3 is 0 Å². The molecule has 0 fully saturated rings. The number of rotatable bonds is 4. The van der Waals surface area contributed by atoms with Crippen molar-refractivity contribution in [3.63, 3.8) is 0 Å². The molecule has 2 aliphatic heterocycles. The summed E-state index contributed by atoms with van der Waals surface area (Å²) in [5, 5.41) is 4.44. The number of amides is 1. The van der Waals surface area contributed by atoms with Crippen molar-refractivity contribution in [3.05, 3.63) is 167 Å². The van der Waals surface area contributed by atoms with Gasteiger partial charge in [-0.25, -0.2) is 12.7 Å². The van der Waals surface area contributed by atoms with Gasteiger partial charge in [0.2, 0.25) is 0 Å². The molecule has 0 radical (unpaired) electrons. The van der Waals surface area contributed by atoms with E-state index in [0.29, 0.717) is 17.9 Å². The number of hydrogen-bond acceptors (Lipinski definition) is 4. The van der Waals surface area contributed by atoms with Gasteiger partial charge in [0.1, 0.15) is 11.2 Å².